The van der Waals surface area contributed by atoms with Gasteiger partial charge in [-0.25, -0.2) is 0 Å². The van der Waals surface area contributed by atoms with Crippen LogP contribution in [0, 0.1) is 34.5 Å². The molecule has 3 aliphatic rings. The lowest BCUT2D eigenvalue weighted by Gasteiger charge is -2.61. The molecule has 5 rings (SSSR count). The number of carbonyl (C=O) groups excluding carboxylic acids is 5. The molecule has 2 saturated carbocycles. The van der Waals surface area contributed by atoms with Crippen molar-refractivity contribution in [1.29, 1.82) is 0 Å². The minimum atomic E-state index is -2.69. The summed E-state index contributed by atoms with van der Waals surface area (Å²) in [6, 6.07) is 9.48. The Morgan fingerprint density at radius 3 is 2.19 bits per heavy atom. The fourth-order valence-electron chi connectivity index (χ4n) is 8.81. The van der Waals surface area contributed by atoms with E-state index >= 15 is 0 Å². The first kappa shape index (κ1) is 30.0. The van der Waals surface area contributed by atoms with E-state index in [0.29, 0.717) is 5.56 Å². The summed E-state index contributed by atoms with van der Waals surface area (Å²) in [4.78, 5) is 68.8. The highest BCUT2D eigenvalue weighted by atomic mass is 16.3. The van der Waals surface area contributed by atoms with E-state index in [1.807, 2.05) is 12.1 Å². The standard InChI is InChI=1S/C35H40O7/c1-8-19-10-11-21(20(9-2)14-19)22-12-13-24(37)26-23(22)15-33(6)16-34(7)27(17(3)4)29(38)25(18(5)36)31(40)35(34,42)32(41)28(33)30(26)39/h10-14,17,25,27-28,37,42H,8-9,15-16H2,1-7H3/t25?,27?,28?,33-,34-,35+/m1/s1. The van der Waals surface area contributed by atoms with Crippen molar-refractivity contribution in [2.75, 3.05) is 0 Å². The predicted octanol–water partition coefficient (Wildman–Crippen LogP) is 4.88. The van der Waals surface area contributed by atoms with Gasteiger partial charge in [-0.1, -0.05) is 65.8 Å². The van der Waals surface area contributed by atoms with Crippen molar-refractivity contribution in [1.82, 2.24) is 0 Å². The molecule has 0 spiro atoms. The molecule has 2 aromatic carbocycles. The number of Topliss-reactive ketones (excluding diaryl/α,β-unsaturated/α-hetero) is 5. The van der Waals surface area contributed by atoms with E-state index in [2.05, 4.69) is 19.9 Å². The number of hydrogen-bond acceptors (Lipinski definition) is 7. The predicted molar refractivity (Wildman–Crippen MR) is 157 cm³/mol. The Kier molecular flexibility index (Phi) is 7.00. The summed E-state index contributed by atoms with van der Waals surface area (Å²) in [6.07, 6.45) is 1.89. The Morgan fingerprint density at radius 1 is 0.976 bits per heavy atom. The molecule has 2 fully saturated rings. The highest BCUT2D eigenvalue weighted by Crippen LogP contribution is 2.64. The normalized spacial score (nSPS) is 32.5. The van der Waals surface area contributed by atoms with Gasteiger partial charge in [-0.05, 0) is 77.8 Å². The van der Waals surface area contributed by atoms with Crippen molar-refractivity contribution in [3.05, 3.63) is 52.6 Å². The van der Waals surface area contributed by atoms with Crippen LogP contribution in [0.15, 0.2) is 30.3 Å². The molecule has 0 aliphatic heterocycles. The summed E-state index contributed by atoms with van der Waals surface area (Å²) in [7, 11) is 0. The molecule has 0 bridgehead atoms. The molecule has 7 heteroatoms. The number of rotatable bonds is 5. The average Bonchev–Trinajstić information content (AvgIpc) is 2.90. The largest absolute Gasteiger partial charge is 0.507 e. The molecule has 7 nitrogen and oxygen atoms in total. The molecule has 0 heterocycles. The smallest absolute Gasteiger partial charge is 0.190 e. The zero-order valence-corrected chi connectivity index (χ0v) is 25.5. The quantitative estimate of drug-likeness (QED) is 0.489. The van der Waals surface area contributed by atoms with Crippen LogP contribution < -0.4 is 0 Å². The molecule has 222 valence electrons. The average molecular weight is 573 g/mol. The number of phenolic OH excluding ortho intramolecular Hbond substituents is 1. The monoisotopic (exact) mass is 572 g/mol. The fourth-order valence-corrected chi connectivity index (χ4v) is 8.81. The first-order valence-corrected chi connectivity index (χ1v) is 14.9. The Balaban J connectivity index is 1.75. The van der Waals surface area contributed by atoms with Crippen LogP contribution in [-0.2, 0) is 38.4 Å². The second-order valence-corrected chi connectivity index (χ2v) is 13.5. The van der Waals surface area contributed by atoms with Crippen LogP contribution in [0.2, 0.25) is 0 Å². The minimum Gasteiger partial charge on any atom is -0.507 e. The lowest BCUT2D eigenvalue weighted by molar-refractivity contribution is -0.205. The molecule has 6 atom stereocenters. The van der Waals surface area contributed by atoms with Gasteiger partial charge in [0, 0.05) is 11.3 Å². The number of hydrogen-bond donors (Lipinski definition) is 2. The van der Waals surface area contributed by atoms with Crippen LogP contribution in [0.25, 0.3) is 11.1 Å². The van der Waals surface area contributed by atoms with Gasteiger partial charge in [-0.2, -0.15) is 0 Å². The van der Waals surface area contributed by atoms with E-state index in [0.717, 1.165) is 36.5 Å². The summed E-state index contributed by atoms with van der Waals surface area (Å²) in [6.45, 7) is 12.2. The number of benzene rings is 2. The van der Waals surface area contributed by atoms with Gasteiger partial charge in [0.15, 0.2) is 28.7 Å². The Hall–Kier alpha value is -3.45. The molecule has 3 aliphatic carbocycles. The van der Waals surface area contributed by atoms with Crippen LogP contribution in [0.3, 0.4) is 0 Å². The second-order valence-electron chi connectivity index (χ2n) is 13.5. The van der Waals surface area contributed by atoms with Gasteiger partial charge in [0.05, 0.1) is 11.5 Å². The van der Waals surface area contributed by atoms with E-state index in [1.54, 1.807) is 33.8 Å². The van der Waals surface area contributed by atoms with E-state index < -0.39 is 63.1 Å². The maximum Gasteiger partial charge on any atom is 0.190 e. The molecule has 42 heavy (non-hydrogen) atoms. The third-order valence-corrected chi connectivity index (χ3v) is 10.5. The third-order valence-electron chi connectivity index (χ3n) is 10.5. The van der Waals surface area contributed by atoms with Crippen molar-refractivity contribution >= 4 is 28.9 Å². The number of aliphatic hydroxyl groups is 1. The van der Waals surface area contributed by atoms with Crippen molar-refractivity contribution in [3.63, 3.8) is 0 Å². The van der Waals surface area contributed by atoms with Crippen LogP contribution in [0.5, 0.6) is 5.75 Å². The summed E-state index contributed by atoms with van der Waals surface area (Å²) in [5.41, 5.74) is -0.613. The van der Waals surface area contributed by atoms with E-state index in [-0.39, 0.29) is 30.1 Å². The van der Waals surface area contributed by atoms with E-state index in [9.17, 15) is 34.2 Å². The van der Waals surface area contributed by atoms with Crippen molar-refractivity contribution in [2.24, 2.45) is 34.5 Å². The third kappa shape index (κ3) is 3.78. The first-order chi connectivity index (χ1) is 19.6. The molecule has 2 N–H and O–H groups in total. The number of aromatic hydroxyl groups is 1. The second kappa shape index (κ2) is 9.80. The summed E-state index contributed by atoms with van der Waals surface area (Å²) < 4.78 is 0. The number of fused-ring (bicyclic) bond motifs is 3. The number of phenols is 1. The van der Waals surface area contributed by atoms with Gasteiger partial charge in [-0.3, -0.25) is 24.0 Å². The Morgan fingerprint density at radius 2 is 1.62 bits per heavy atom. The SMILES string of the molecule is CCc1ccc(-c2ccc(O)c3c2C[C@]2(C)C[C@]4(C)C(C(C)C)C(=O)C(C(C)=O)C(=O)[C@]4(O)C(=O)C2C3=O)c(CC)c1. The van der Waals surface area contributed by atoms with Gasteiger partial charge in [0.25, 0.3) is 0 Å². The maximum atomic E-state index is 14.4. The highest BCUT2D eigenvalue weighted by molar-refractivity contribution is 6.32. The van der Waals surface area contributed by atoms with E-state index in [1.165, 1.54) is 11.6 Å². The zero-order chi connectivity index (χ0) is 31.1. The van der Waals surface area contributed by atoms with E-state index in [4.69, 9.17) is 0 Å². The zero-order valence-electron chi connectivity index (χ0n) is 25.5. The van der Waals surface area contributed by atoms with Gasteiger partial charge in [0.2, 0.25) is 0 Å². The van der Waals surface area contributed by atoms with Crippen LogP contribution in [0.1, 0.15) is 81.9 Å². The molecule has 0 aromatic heterocycles. The number of carbonyl (C=O) groups is 5. The lowest BCUT2D eigenvalue weighted by Crippen LogP contribution is -2.76. The maximum absolute atomic E-state index is 14.4. The van der Waals surface area contributed by atoms with Crippen LogP contribution in [-0.4, -0.2) is 44.7 Å². The first-order valence-electron chi connectivity index (χ1n) is 14.9. The molecular formula is C35H40O7. The molecular weight excluding hydrogens is 532 g/mol. The lowest BCUT2D eigenvalue weighted by atomic mass is 9.40. The van der Waals surface area contributed by atoms with Crippen LogP contribution in [0.4, 0.5) is 0 Å². The molecule has 0 radical (unpaired) electrons. The fraction of sp³-hybridized carbons (Fsp3) is 0.514. The van der Waals surface area contributed by atoms with Crippen LogP contribution >= 0.6 is 0 Å². The van der Waals surface area contributed by atoms with Crippen molar-refractivity contribution in [3.8, 4) is 16.9 Å². The summed E-state index contributed by atoms with van der Waals surface area (Å²) in [5, 5.41) is 23.1. The van der Waals surface area contributed by atoms with Gasteiger partial charge < -0.3 is 10.2 Å². The van der Waals surface area contributed by atoms with Gasteiger partial charge in [-0.15, -0.1) is 0 Å². The summed E-state index contributed by atoms with van der Waals surface area (Å²) >= 11 is 0. The highest BCUT2D eigenvalue weighted by Gasteiger charge is 2.76. The van der Waals surface area contributed by atoms with Crippen molar-refractivity contribution < 1.29 is 34.2 Å². The number of aryl methyl sites for hydroxylation is 2. The van der Waals surface area contributed by atoms with Crippen molar-refractivity contribution in [2.45, 2.75) is 79.8 Å². The molecule has 2 aromatic rings. The molecule has 0 amide bonds. The topological polar surface area (TPSA) is 126 Å². The molecule has 0 saturated heterocycles. The van der Waals surface area contributed by atoms with Gasteiger partial charge in [0.1, 0.15) is 17.5 Å². The van der Waals surface area contributed by atoms with Gasteiger partial charge >= 0.3 is 0 Å². The molecule has 3 unspecified atom stereocenters. The summed E-state index contributed by atoms with van der Waals surface area (Å²) in [5.74, 6) is -8.83. The Labute approximate surface area is 246 Å². The number of ketones is 5. The Bertz CT molecular complexity index is 1570. The minimum absolute atomic E-state index is 0.0278.